The van der Waals surface area contributed by atoms with Crippen LogP contribution in [-0.2, 0) is 0 Å². The number of hydrogen-bond donors (Lipinski definition) is 2. The summed E-state index contributed by atoms with van der Waals surface area (Å²) < 4.78 is 0. The first-order valence-electron chi connectivity index (χ1n) is 3.32. The van der Waals surface area contributed by atoms with Crippen LogP contribution in [0, 0.1) is 6.92 Å². The summed E-state index contributed by atoms with van der Waals surface area (Å²) in [7, 11) is 0. The van der Waals surface area contributed by atoms with Gasteiger partial charge in [0, 0.05) is 0 Å². The average Bonchev–Trinajstić information content (AvgIpc) is 2.31. The highest BCUT2D eigenvalue weighted by Crippen LogP contribution is 2.22. The van der Waals surface area contributed by atoms with Gasteiger partial charge in [0.05, 0.1) is 12.0 Å². The van der Waals surface area contributed by atoms with E-state index in [2.05, 4.69) is 26.9 Å². The number of aromatic amines is 1. The summed E-state index contributed by atoms with van der Waals surface area (Å²) in [5, 5.41) is 2.89. The van der Waals surface area contributed by atoms with Crippen molar-refractivity contribution in [3.63, 3.8) is 0 Å². The lowest BCUT2D eigenvalue weighted by atomic mass is 10.3. The van der Waals surface area contributed by atoms with Crippen molar-refractivity contribution < 1.29 is 0 Å². The molecule has 0 saturated carbocycles. The van der Waals surface area contributed by atoms with Gasteiger partial charge in [0.15, 0.2) is 5.82 Å². The lowest BCUT2D eigenvalue weighted by Crippen LogP contribution is -2.11. The molecule has 2 N–H and O–H groups in total. The molecule has 56 valence electrons. The first kappa shape index (κ1) is 6.15. The smallest absolute Gasteiger partial charge is 0.181 e. The molecule has 0 radical (unpaired) electrons. The normalized spacial score (nSPS) is 14.5. The van der Waals surface area contributed by atoms with Crippen LogP contribution in [0.4, 0.5) is 5.82 Å². The Bertz CT molecular complexity index is 334. The van der Waals surface area contributed by atoms with E-state index in [1.165, 1.54) is 0 Å². The first-order valence-corrected chi connectivity index (χ1v) is 3.32. The first-order chi connectivity index (χ1) is 5.27. The maximum atomic E-state index is 4.15. The highest BCUT2D eigenvalue weighted by Gasteiger charge is 2.12. The van der Waals surface area contributed by atoms with Gasteiger partial charge in [-0.3, -0.25) is 0 Å². The van der Waals surface area contributed by atoms with Crippen LogP contribution in [0.1, 0.15) is 11.5 Å². The minimum atomic E-state index is 0.714. The molecule has 1 aromatic rings. The van der Waals surface area contributed by atoms with E-state index in [4.69, 9.17) is 0 Å². The van der Waals surface area contributed by atoms with Gasteiger partial charge in [0.1, 0.15) is 11.5 Å². The van der Waals surface area contributed by atoms with Crippen LogP contribution in [0.15, 0.2) is 11.6 Å². The summed E-state index contributed by atoms with van der Waals surface area (Å²) in [5.41, 5.74) is 1.70. The minimum absolute atomic E-state index is 0.714. The van der Waals surface area contributed by atoms with Gasteiger partial charge in [-0.1, -0.05) is 6.58 Å². The molecule has 2 heterocycles. The second kappa shape index (κ2) is 1.95. The Kier molecular flexibility index (Phi) is 1.09. The molecule has 0 atom stereocenters. The standard InChI is InChI=1S/C7H8N4/c1-4-6-7(9-3-8-4)11-5(2)10-6/h3H,1H2,2H3,(H,8,9)(H,10,11). The monoisotopic (exact) mass is 148 g/mol. The maximum absolute atomic E-state index is 4.15. The Morgan fingerprint density at radius 1 is 1.55 bits per heavy atom. The lowest BCUT2D eigenvalue weighted by molar-refractivity contribution is 1.14. The molecule has 2 rings (SSSR count). The number of nitrogens with zero attached hydrogens (tertiary/aromatic N) is 2. The molecule has 0 aromatic carbocycles. The number of aromatic nitrogens is 2. The van der Waals surface area contributed by atoms with Gasteiger partial charge >= 0.3 is 0 Å². The van der Waals surface area contributed by atoms with Gasteiger partial charge in [-0.2, -0.15) is 0 Å². The third kappa shape index (κ3) is 0.832. The molecular weight excluding hydrogens is 140 g/mol. The van der Waals surface area contributed by atoms with E-state index < -0.39 is 0 Å². The largest absolute Gasteiger partial charge is 0.345 e. The van der Waals surface area contributed by atoms with Crippen molar-refractivity contribution in [1.29, 1.82) is 0 Å². The number of aryl methyl sites for hydroxylation is 1. The summed E-state index contributed by atoms with van der Waals surface area (Å²) in [6.07, 6.45) is 1.59. The van der Waals surface area contributed by atoms with E-state index in [1.807, 2.05) is 6.92 Å². The van der Waals surface area contributed by atoms with Crippen molar-refractivity contribution in [2.45, 2.75) is 6.92 Å². The predicted octanol–water partition coefficient (Wildman–Crippen LogP) is 0.952. The zero-order valence-electron chi connectivity index (χ0n) is 6.18. The molecule has 4 heteroatoms. The molecule has 1 aliphatic rings. The quantitative estimate of drug-likeness (QED) is 0.575. The van der Waals surface area contributed by atoms with Crippen LogP contribution in [0.2, 0.25) is 0 Å². The molecule has 4 nitrogen and oxygen atoms in total. The Labute approximate surface area is 64.1 Å². The van der Waals surface area contributed by atoms with Gasteiger partial charge in [-0.15, -0.1) is 0 Å². The topological polar surface area (TPSA) is 53.1 Å². The molecule has 0 unspecified atom stereocenters. The van der Waals surface area contributed by atoms with Crippen molar-refractivity contribution in [2.24, 2.45) is 4.99 Å². The summed E-state index contributed by atoms with van der Waals surface area (Å²) in [6, 6.07) is 0. The molecule has 0 aliphatic carbocycles. The SMILES string of the molecule is C=C1NC=Nc2nc(C)[nH]c21. The van der Waals surface area contributed by atoms with E-state index >= 15 is 0 Å². The Morgan fingerprint density at radius 2 is 2.36 bits per heavy atom. The maximum Gasteiger partial charge on any atom is 0.181 e. The molecular formula is C7H8N4. The molecule has 1 aromatic heterocycles. The molecule has 0 amide bonds. The van der Waals surface area contributed by atoms with Gasteiger partial charge in [0.2, 0.25) is 0 Å². The van der Waals surface area contributed by atoms with E-state index in [-0.39, 0.29) is 0 Å². The second-order valence-corrected chi connectivity index (χ2v) is 2.40. The van der Waals surface area contributed by atoms with Crippen LogP contribution in [0.5, 0.6) is 0 Å². The molecule has 0 saturated heterocycles. The van der Waals surface area contributed by atoms with E-state index in [0.717, 1.165) is 17.2 Å². The van der Waals surface area contributed by atoms with Crippen LogP contribution in [0.25, 0.3) is 5.70 Å². The van der Waals surface area contributed by atoms with Crippen molar-refractivity contribution in [3.8, 4) is 0 Å². The molecule has 1 aliphatic heterocycles. The number of imidazole rings is 1. The predicted molar refractivity (Wildman–Crippen MR) is 43.6 cm³/mol. The van der Waals surface area contributed by atoms with Crippen molar-refractivity contribution in [1.82, 2.24) is 15.3 Å². The highest BCUT2D eigenvalue weighted by atomic mass is 15.1. The third-order valence-corrected chi connectivity index (χ3v) is 1.53. The highest BCUT2D eigenvalue weighted by molar-refractivity contribution is 5.83. The second-order valence-electron chi connectivity index (χ2n) is 2.40. The van der Waals surface area contributed by atoms with Crippen molar-refractivity contribution >= 4 is 17.9 Å². The fourth-order valence-electron chi connectivity index (χ4n) is 1.03. The third-order valence-electron chi connectivity index (χ3n) is 1.53. The number of aliphatic imine (C=N–C) groups is 1. The van der Waals surface area contributed by atoms with Crippen molar-refractivity contribution in [2.75, 3.05) is 0 Å². The molecule has 0 fully saturated rings. The molecule has 11 heavy (non-hydrogen) atoms. The van der Waals surface area contributed by atoms with Gasteiger partial charge in [0.25, 0.3) is 0 Å². The lowest BCUT2D eigenvalue weighted by Gasteiger charge is -2.06. The number of fused-ring (bicyclic) bond motifs is 1. The van der Waals surface area contributed by atoms with E-state index in [1.54, 1.807) is 6.34 Å². The average molecular weight is 148 g/mol. The fourth-order valence-corrected chi connectivity index (χ4v) is 1.03. The van der Waals surface area contributed by atoms with Crippen LogP contribution >= 0.6 is 0 Å². The number of H-pyrrole nitrogens is 1. The van der Waals surface area contributed by atoms with Crippen LogP contribution in [0.3, 0.4) is 0 Å². The number of nitrogens with one attached hydrogen (secondary N) is 2. The molecule has 0 bridgehead atoms. The Hall–Kier alpha value is -1.58. The van der Waals surface area contributed by atoms with Crippen molar-refractivity contribution in [3.05, 3.63) is 18.1 Å². The minimum Gasteiger partial charge on any atom is -0.345 e. The van der Waals surface area contributed by atoms with Gasteiger partial charge in [-0.25, -0.2) is 9.98 Å². The number of hydrogen-bond acceptors (Lipinski definition) is 3. The Balaban J connectivity index is 2.62. The van der Waals surface area contributed by atoms with E-state index in [9.17, 15) is 0 Å². The van der Waals surface area contributed by atoms with Crippen LogP contribution in [-0.4, -0.2) is 16.3 Å². The fraction of sp³-hybridized carbons (Fsp3) is 0.143. The summed E-state index contributed by atoms with van der Waals surface area (Å²) in [4.78, 5) is 11.2. The summed E-state index contributed by atoms with van der Waals surface area (Å²) in [5.74, 6) is 1.57. The van der Waals surface area contributed by atoms with Crippen LogP contribution < -0.4 is 5.32 Å². The number of rotatable bonds is 0. The zero-order valence-corrected chi connectivity index (χ0v) is 6.18. The molecule has 0 spiro atoms. The van der Waals surface area contributed by atoms with Gasteiger partial charge < -0.3 is 10.3 Å². The van der Waals surface area contributed by atoms with Gasteiger partial charge in [-0.05, 0) is 6.92 Å². The van der Waals surface area contributed by atoms with E-state index in [0.29, 0.717) is 5.82 Å². The Morgan fingerprint density at radius 3 is 3.09 bits per heavy atom. The zero-order chi connectivity index (χ0) is 7.84. The summed E-state index contributed by atoms with van der Waals surface area (Å²) >= 11 is 0. The summed E-state index contributed by atoms with van der Waals surface area (Å²) in [6.45, 7) is 5.69.